The Labute approximate surface area is 127 Å². The highest BCUT2D eigenvalue weighted by molar-refractivity contribution is 5.97. The first-order chi connectivity index (χ1) is 10.7. The van der Waals surface area contributed by atoms with Gasteiger partial charge in [0, 0.05) is 5.56 Å². The summed E-state index contributed by atoms with van der Waals surface area (Å²) in [6.45, 7) is 1.90. The maximum atomic E-state index is 11.7. The van der Waals surface area contributed by atoms with E-state index in [1.54, 1.807) is 18.2 Å². The predicted octanol–water partition coefficient (Wildman–Crippen LogP) is 2.65. The number of nitrogens with zero attached hydrogens (tertiary/aromatic N) is 3. The van der Waals surface area contributed by atoms with Crippen molar-refractivity contribution in [2.75, 3.05) is 0 Å². The molecule has 22 heavy (non-hydrogen) atoms. The quantitative estimate of drug-likeness (QED) is 0.732. The number of H-pyrrole nitrogens is 1. The van der Waals surface area contributed by atoms with Gasteiger partial charge in [0.05, 0.1) is 5.56 Å². The third-order valence-electron chi connectivity index (χ3n) is 3.20. The average Bonchev–Trinajstić information content (AvgIpc) is 3.08. The van der Waals surface area contributed by atoms with E-state index in [-0.39, 0.29) is 5.78 Å². The summed E-state index contributed by atoms with van der Waals surface area (Å²) in [5.41, 5.74) is 2.30. The largest absolute Gasteiger partial charge is 0.488 e. The molecule has 3 rings (SSSR count). The maximum absolute atomic E-state index is 11.7. The van der Waals surface area contributed by atoms with Crippen molar-refractivity contribution >= 4 is 5.78 Å². The lowest BCUT2D eigenvalue weighted by atomic mass is 10.1. The summed E-state index contributed by atoms with van der Waals surface area (Å²) in [6.07, 6.45) is 0. The molecule has 2 aromatic carbocycles. The van der Waals surface area contributed by atoms with E-state index in [4.69, 9.17) is 4.74 Å². The van der Waals surface area contributed by atoms with E-state index < -0.39 is 0 Å². The fourth-order valence-corrected chi connectivity index (χ4v) is 2.09. The second-order valence-corrected chi connectivity index (χ2v) is 4.78. The molecule has 0 amide bonds. The SMILES string of the molecule is CC(=O)c1ccc(-c2nn[nH]n2)cc1OCc1ccccc1. The zero-order valence-electron chi connectivity index (χ0n) is 12.0. The van der Waals surface area contributed by atoms with Crippen LogP contribution >= 0.6 is 0 Å². The third-order valence-corrected chi connectivity index (χ3v) is 3.20. The van der Waals surface area contributed by atoms with Gasteiger partial charge in [-0.05, 0) is 29.8 Å². The van der Waals surface area contributed by atoms with Crippen molar-refractivity contribution in [3.05, 3.63) is 59.7 Å². The van der Waals surface area contributed by atoms with Gasteiger partial charge in [0.25, 0.3) is 0 Å². The summed E-state index contributed by atoms with van der Waals surface area (Å²) in [7, 11) is 0. The van der Waals surface area contributed by atoms with E-state index in [1.165, 1.54) is 6.92 Å². The normalized spacial score (nSPS) is 10.4. The van der Waals surface area contributed by atoms with Crippen molar-refractivity contribution in [3.63, 3.8) is 0 Å². The second-order valence-electron chi connectivity index (χ2n) is 4.78. The number of carbonyl (C=O) groups is 1. The molecule has 0 aliphatic heterocycles. The second kappa shape index (κ2) is 6.17. The van der Waals surface area contributed by atoms with Gasteiger partial charge in [0.2, 0.25) is 5.82 Å². The van der Waals surface area contributed by atoms with Gasteiger partial charge in [-0.1, -0.05) is 36.4 Å². The summed E-state index contributed by atoms with van der Waals surface area (Å²) >= 11 is 0. The molecular weight excluding hydrogens is 280 g/mol. The van der Waals surface area contributed by atoms with Gasteiger partial charge in [0.1, 0.15) is 12.4 Å². The molecule has 1 heterocycles. The molecule has 6 heteroatoms. The fourth-order valence-electron chi connectivity index (χ4n) is 2.09. The van der Waals surface area contributed by atoms with Crippen molar-refractivity contribution in [1.29, 1.82) is 0 Å². The van der Waals surface area contributed by atoms with Gasteiger partial charge in [-0.15, -0.1) is 10.2 Å². The third kappa shape index (κ3) is 3.01. The number of hydrogen-bond donors (Lipinski definition) is 1. The topological polar surface area (TPSA) is 80.8 Å². The molecule has 110 valence electrons. The van der Waals surface area contributed by atoms with Crippen molar-refractivity contribution < 1.29 is 9.53 Å². The number of ketones is 1. The van der Waals surface area contributed by atoms with Crippen LogP contribution in [0.15, 0.2) is 48.5 Å². The number of nitrogens with one attached hydrogen (secondary N) is 1. The first-order valence-corrected chi connectivity index (χ1v) is 6.79. The van der Waals surface area contributed by atoms with Crippen LogP contribution < -0.4 is 4.74 Å². The van der Waals surface area contributed by atoms with E-state index in [0.717, 1.165) is 11.1 Å². The van der Waals surface area contributed by atoms with E-state index in [1.807, 2.05) is 30.3 Å². The van der Waals surface area contributed by atoms with Gasteiger partial charge in [-0.25, -0.2) is 0 Å². The Morgan fingerprint density at radius 1 is 1.18 bits per heavy atom. The number of hydrogen-bond acceptors (Lipinski definition) is 5. The van der Waals surface area contributed by atoms with Crippen LogP contribution in [0.2, 0.25) is 0 Å². The fraction of sp³-hybridized carbons (Fsp3) is 0.125. The molecule has 0 aliphatic carbocycles. The predicted molar refractivity (Wildman–Crippen MR) is 80.4 cm³/mol. The van der Waals surface area contributed by atoms with Crippen LogP contribution in [0.3, 0.4) is 0 Å². The van der Waals surface area contributed by atoms with Crippen molar-refractivity contribution in [3.8, 4) is 17.1 Å². The first-order valence-electron chi connectivity index (χ1n) is 6.79. The number of benzene rings is 2. The molecule has 1 N–H and O–H groups in total. The molecule has 0 spiro atoms. The zero-order valence-corrected chi connectivity index (χ0v) is 12.0. The minimum absolute atomic E-state index is 0.0530. The molecule has 0 atom stereocenters. The molecular formula is C16H14N4O2. The van der Waals surface area contributed by atoms with Gasteiger partial charge in [-0.3, -0.25) is 4.79 Å². The smallest absolute Gasteiger partial charge is 0.204 e. The summed E-state index contributed by atoms with van der Waals surface area (Å²) in [5.74, 6) is 0.918. The Balaban J connectivity index is 1.89. The van der Waals surface area contributed by atoms with Gasteiger partial charge in [0.15, 0.2) is 5.78 Å². The number of rotatable bonds is 5. The van der Waals surface area contributed by atoms with Crippen LogP contribution in [0, 0.1) is 0 Å². The number of carbonyl (C=O) groups excluding carboxylic acids is 1. The van der Waals surface area contributed by atoms with Crippen LogP contribution in [0.25, 0.3) is 11.4 Å². The van der Waals surface area contributed by atoms with Crippen LogP contribution in [0.4, 0.5) is 0 Å². The summed E-state index contributed by atoms with van der Waals surface area (Å²) < 4.78 is 5.82. The van der Waals surface area contributed by atoms with E-state index in [0.29, 0.717) is 23.7 Å². The van der Waals surface area contributed by atoms with Crippen molar-refractivity contribution in [2.45, 2.75) is 13.5 Å². The Morgan fingerprint density at radius 2 is 2.00 bits per heavy atom. The Morgan fingerprint density at radius 3 is 2.68 bits per heavy atom. The molecule has 6 nitrogen and oxygen atoms in total. The highest BCUT2D eigenvalue weighted by atomic mass is 16.5. The molecule has 0 saturated carbocycles. The van der Waals surface area contributed by atoms with Crippen molar-refractivity contribution in [1.82, 2.24) is 20.6 Å². The van der Waals surface area contributed by atoms with Crippen molar-refractivity contribution in [2.24, 2.45) is 0 Å². The number of aromatic amines is 1. The highest BCUT2D eigenvalue weighted by Crippen LogP contribution is 2.26. The van der Waals surface area contributed by atoms with E-state index >= 15 is 0 Å². The molecule has 0 saturated heterocycles. The Kier molecular flexibility index (Phi) is 3.91. The van der Waals surface area contributed by atoms with Gasteiger partial charge in [-0.2, -0.15) is 5.21 Å². The molecule has 1 aromatic heterocycles. The van der Waals surface area contributed by atoms with E-state index in [9.17, 15) is 4.79 Å². The minimum Gasteiger partial charge on any atom is -0.488 e. The van der Waals surface area contributed by atoms with Crippen LogP contribution in [-0.2, 0) is 6.61 Å². The monoisotopic (exact) mass is 294 g/mol. The molecule has 0 fully saturated rings. The van der Waals surface area contributed by atoms with Crippen LogP contribution in [0.5, 0.6) is 5.75 Å². The zero-order chi connectivity index (χ0) is 15.4. The molecule has 0 bridgehead atoms. The lowest BCUT2D eigenvalue weighted by molar-refractivity contribution is 0.101. The number of ether oxygens (including phenoxy) is 1. The Hall–Kier alpha value is -3.02. The highest BCUT2D eigenvalue weighted by Gasteiger charge is 2.12. The summed E-state index contributed by atoms with van der Waals surface area (Å²) in [4.78, 5) is 11.7. The molecule has 0 aliphatic rings. The lowest BCUT2D eigenvalue weighted by Crippen LogP contribution is -2.02. The number of tetrazole rings is 1. The van der Waals surface area contributed by atoms with Gasteiger partial charge >= 0.3 is 0 Å². The molecule has 0 unspecified atom stereocenters. The maximum Gasteiger partial charge on any atom is 0.204 e. The first kappa shape index (κ1) is 13.9. The summed E-state index contributed by atoms with van der Waals surface area (Å²) in [5, 5.41) is 13.8. The molecule has 0 radical (unpaired) electrons. The standard InChI is InChI=1S/C16H14N4O2/c1-11(21)14-8-7-13(16-17-19-20-18-16)9-15(14)22-10-12-5-3-2-4-6-12/h2-9H,10H2,1H3,(H,17,18,19,20). The number of Topliss-reactive ketones (excluding diaryl/α,β-unsaturated/α-hetero) is 1. The summed E-state index contributed by atoms with van der Waals surface area (Å²) in [6, 6.07) is 15.0. The number of aromatic nitrogens is 4. The lowest BCUT2D eigenvalue weighted by Gasteiger charge is -2.11. The average molecular weight is 294 g/mol. The van der Waals surface area contributed by atoms with Crippen LogP contribution in [-0.4, -0.2) is 26.4 Å². The minimum atomic E-state index is -0.0530. The van der Waals surface area contributed by atoms with Gasteiger partial charge < -0.3 is 4.74 Å². The van der Waals surface area contributed by atoms with Crippen LogP contribution in [0.1, 0.15) is 22.8 Å². The molecule has 3 aromatic rings. The van der Waals surface area contributed by atoms with E-state index in [2.05, 4.69) is 20.6 Å². The Bertz CT molecular complexity index is 770.